The van der Waals surface area contributed by atoms with Crippen LogP contribution in [0.3, 0.4) is 0 Å². The summed E-state index contributed by atoms with van der Waals surface area (Å²) in [7, 11) is 0. The molecule has 0 heterocycles. The van der Waals surface area contributed by atoms with Crippen LogP contribution in [0.5, 0.6) is 17.2 Å². The van der Waals surface area contributed by atoms with Gasteiger partial charge in [0, 0.05) is 6.42 Å². The zero-order valence-electron chi connectivity index (χ0n) is 23.9. The van der Waals surface area contributed by atoms with Gasteiger partial charge in [-0.2, -0.15) is 0 Å². The molecule has 3 atom stereocenters. The largest absolute Gasteiger partial charge is 0.491 e. The molecule has 7 nitrogen and oxygen atoms in total. The van der Waals surface area contributed by atoms with Gasteiger partial charge in [0.1, 0.15) is 43.2 Å². The molecule has 4 aromatic carbocycles. The molecule has 3 unspecified atom stereocenters. The van der Waals surface area contributed by atoms with E-state index in [0.717, 1.165) is 46.4 Å². The number of aliphatic hydroxyl groups excluding tert-OH is 4. The van der Waals surface area contributed by atoms with Crippen molar-refractivity contribution in [2.75, 3.05) is 26.4 Å². The van der Waals surface area contributed by atoms with Gasteiger partial charge in [-0.1, -0.05) is 60.7 Å². The van der Waals surface area contributed by atoms with E-state index in [9.17, 15) is 15.3 Å². The zero-order valence-corrected chi connectivity index (χ0v) is 23.9. The van der Waals surface area contributed by atoms with Gasteiger partial charge in [0.25, 0.3) is 0 Å². The van der Waals surface area contributed by atoms with Crippen LogP contribution in [0, 0.1) is 0 Å². The highest BCUT2D eigenvalue weighted by Gasteiger charge is 2.08. The highest BCUT2D eigenvalue weighted by molar-refractivity contribution is 5.35. The summed E-state index contributed by atoms with van der Waals surface area (Å²) in [4.78, 5) is 0. The molecule has 0 aliphatic carbocycles. The van der Waals surface area contributed by atoms with Crippen LogP contribution < -0.4 is 14.2 Å². The van der Waals surface area contributed by atoms with E-state index >= 15 is 0 Å². The highest BCUT2D eigenvalue weighted by Crippen LogP contribution is 2.19. The summed E-state index contributed by atoms with van der Waals surface area (Å²) < 4.78 is 17.0. The van der Waals surface area contributed by atoms with Gasteiger partial charge in [-0.3, -0.25) is 0 Å². The first-order valence-corrected chi connectivity index (χ1v) is 14.2. The van der Waals surface area contributed by atoms with Crippen LogP contribution in [0.15, 0.2) is 97.1 Å². The minimum atomic E-state index is -0.776. The highest BCUT2D eigenvalue weighted by atomic mass is 16.5. The smallest absolute Gasteiger partial charge is 0.122 e. The van der Waals surface area contributed by atoms with Crippen molar-refractivity contribution < 1.29 is 34.6 Å². The van der Waals surface area contributed by atoms with Crippen LogP contribution in [0.2, 0.25) is 0 Å². The van der Waals surface area contributed by atoms with Crippen molar-refractivity contribution in [1.29, 1.82) is 0 Å². The average molecular weight is 573 g/mol. The van der Waals surface area contributed by atoms with Crippen molar-refractivity contribution in [3.05, 3.63) is 125 Å². The molecule has 0 radical (unpaired) electrons. The van der Waals surface area contributed by atoms with Gasteiger partial charge in [-0.25, -0.2) is 0 Å². The Morgan fingerprint density at radius 1 is 0.476 bits per heavy atom. The number of hydrogen-bond acceptors (Lipinski definition) is 7. The lowest BCUT2D eigenvalue weighted by molar-refractivity contribution is 0.0626. The fraction of sp³-hybridized carbons (Fsp3) is 0.314. The van der Waals surface area contributed by atoms with Crippen molar-refractivity contribution in [1.82, 2.24) is 0 Å². The third kappa shape index (κ3) is 10.5. The van der Waals surface area contributed by atoms with Gasteiger partial charge in [-0.15, -0.1) is 0 Å². The molecule has 0 aromatic heterocycles. The summed E-state index contributed by atoms with van der Waals surface area (Å²) in [6.45, 7) is 1.96. The van der Waals surface area contributed by atoms with Crippen LogP contribution >= 0.6 is 0 Å². The Morgan fingerprint density at radius 3 is 1.17 bits per heavy atom. The molecule has 0 saturated carbocycles. The van der Waals surface area contributed by atoms with Gasteiger partial charge in [0.2, 0.25) is 0 Å². The summed E-state index contributed by atoms with van der Waals surface area (Å²) in [6, 6.07) is 31.5. The molecule has 4 rings (SSSR count). The summed E-state index contributed by atoms with van der Waals surface area (Å²) >= 11 is 0. The third-order valence-corrected chi connectivity index (χ3v) is 6.67. The lowest BCUT2D eigenvalue weighted by atomic mass is 10.0. The van der Waals surface area contributed by atoms with Gasteiger partial charge < -0.3 is 34.6 Å². The van der Waals surface area contributed by atoms with Gasteiger partial charge in [0.15, 0.2) is 0 Å². The summed E-state index contributed by atoms with van der Waals surface area (Å²) in [6.07, 6.45) is -0.0297. The number of hydrogen-bond donors (Lipinski definition) is 4. The Kier molecular flexibility index (Phi) is 11.8. The molecular formula is C35H40O7. The second-order valence-electron chi connectivity index (χ2n) is 10.6. The van der Waals surface area contributed by atoms with Crippen LogP contribution in [-0.2, 0) is 19.3 Å². The van der Waals surface area contributed by atoms with Crippen LogP contribution in [0.4, 0.5) is 0 Å². The minimum absolute atomic E-state index is 0.121. The Balaban J connectivity index is 1.16. The van der Waals surface area contributed by atoms with E-state index in [2.05, 4.69) is 0 Å². The second-order valence-corrected chi connectivity index (χ2v) is 10.6. The summed E-state index contributed by atoms with van der Waals surface area (Å²) in [5.74, 6) is 2.10. The standard InChI is InChI=1S/C35H40O7/c1-25(37)22-40-33-12-6-28(7-13-33)19-29-10-16-35(17-11-29)42-24-32(39)23-41-34-14-8-27(9-15-34)18-26-2-4-30(5-3-26)20-31(38)21-36/h2-17,25,31-32,36-39H,18-24H2,1H3. The van der Waals surface area contributed by atoms with E-state index in [1.165, 1.54) is 0 Å². The third-order valence-electron chi connectivity index (χ3n) is 6.67. The Labute approximate surface area is 247 Å². The quantitative estimate of drug-likeness (QED) is 0.158. The average Bonchev–Trinajstić information content (AvgIpc) is 3.01. The predicted molar refractivity (Wildman–Crippen MR) is 162 cm³/mol. The molecule has 4 aromatic rings. The van der Waals surface area contributed by atoms with Gasteiger partial charge >= 0.3 is 0 Å². The molecule has 0 aliphatic heterocycles. The maximum atomic E-state index is 10.4. The topological polar surface area (TPSA) is 109 Å². The van der Waals surface area contributed by atoms with Gasteiger partial charge in [-0.05, 0) is 84.0 Å². The fourth-order valence-corrected chi connectivity index (χ4v) is 4.36. The number of ether oxygens (including phenoxy) is 3. The first kappa shape index (κ1) is 31.1. The van der Waals surface area contributed by atoms with Crippen LogP contribution in [0.25, 0.3) is 0 Å². The maximum Gasteiger partial charge on any atom is 0.122 e. The van der Waals surface area contributed by atoms with Crippen molar-refractivity contribution in [3.8, 4) is 17.2 Å². The lowest BCUT2D eigenvalue weighted by Gasteiger charge is -2.14. The fourth-order valence-electron chi connectivity index (χ4n) is 4.36. The van der Waals surface area contributed by atoms with Gasteiger partial charge in [0.05, 0.1) is 18.8 Å². The molecular weight excluding hydrogens is 532 g/mol. The van der Waals surface area contributed by atoms with Crippen LogP contribution in [0.1, 0.15) is 34.7 Å². The lowest BCUT2D eigenvalue weighted by Crippen LogP contribution is -2.25. The number of benzene rings is 4. The van der Waals surface area contributed by atoms with Crippen molar-refractivity contribution in [3.63, 3.8) is 0 Å². The molecule has 42 heavy (non-hydrogen) atoms. The number of aliphatic hydroxyl groups is 4. The monoisotopic (exact) mass is 572 g/mol. The van der Waals surface area contributed by atoms with E-state index in [1.807, 2.05) is 97.1 Å². The molecule has 222 valence electrons. The molecule has 0 amide bonds. The predicted octanol–water partition coefficient (Wildman–Crippen LogP) is 4.34. The molecule has 0 aliphatic rings. The van der Waals surface area contributed by atoms with E-state index in [1.54, 1.807) is 6.92 Å². The normalized spacial score (nSPS) is 13.3. The molecule has 4 N–H and O–H groups in total. The van der Waals surface area contributed by atoms with E-state index in [-0.39, 0.29) is 26.4 Å². The molecule has 7 heteroatoms. The summed E-state index contributed by atoms with van der Waals surface area (Å²) in [5.41, 5.74) is 5.57. The molecule has 0 saturated heterocycles. The van der Waals surface area contributed by atoms with E-state index < -0.39 is 18.3 Å². The van der Waals surface area contributed by atoms with Crippen LogP contribution in [-0.4, -0.2) is 65.2 Å². The second kappa shape index (κ2) is 15.9. The SMILES string of the molecule is CC(O)COc1ccc(Cc2ccc(OCC(O)COc3ccc(Cc4ccc(CC(O)CO)cc4)cc3)cc2)cc1. The van der Waals surface area contributed by atoms with Crippen molar-refractivity contribution in [2.45, 2.75) is 44.5 Å². The summed E-state index contributed by atoms with van der Waals surface area (Å²) in [5, 5.41) is 38.3. The van der Waals surface area contributed by atoms with E-state index in [4.69, 9.17) is 19.3 Å². The maximum absolute atomic E-state index is 10.4. The molecule has 0 bridgehead atoms. The number of rotatable bonds is 16. The van der Waals surface area contributed by atoms with Crippen molar-refractivity contribution in [2.24, 2.45) is 0 Å². The first-order valence-electron chi connectivity index (χ1n) is 14.2. The Bertz CT molecular complexity index is 1320. The Hall–Kier alpha value is -3.88. The first-order chi connectivity index (χ1) is 20.4. The molecule has 0 spiro atoms. The molecule has 0 fully saturated rings. The Morgan fingerprint density at radius 2 is 0.810 bits per heavy atom. The van der Waals surface area contributed by atoms with E-state index in [0.29, 0.717) is 17.9 Å². The zero-order chi connectivity index (χ0) is 29.7. The minimum Gasteiger partial charge on any atom is -0.491 e. The van der Waals surface area contributed by atoms with Crippen molar-refractivity contribution >= 4 is 0 Å².